The third kappa shape index (κ3) is 5.35. The summed E-state index contributed by atoms with van der Waals surface area (Å²) in [4.78, 5) is 14.0. The number of hydrogen-bond acceptors (Lipinski definition) is 4. The van der Waals surface area contributed by atoms with Crippen LogP contribution >= 0.6 is 0 Å². The van der Waals surface area contributed by atoms with Gasteiger partial charge in [0.15, 0.2) is 0 Å². The van der Waals surface area contributed by atoms with E-state index in [4.69, 9.17) is 0 Å². The second kappa shape index (κ2) is 5.57. The number of hydrogen-bond donors (Lipinski definition) is 1. The Kier molecular flexibility index (Phi) is 4.78. The number of likely N-dealkylation sites (tertiary alicyclic amines) is 1. The van der Waals surface area contributed by atoms with Crippen molar-refractivity contribution in [3.8, 4) is 0 Å². The fraction of sp³-hybridized carbons (Fsp3) is 0.917. The zero-order valence-corrected chi connectivity index (χ0v) is 12.5. The molecular formula is C12H24N2O3S. The van der Waals surface area contributed by atoms with E-state index in [1.54, 1.807) is 0 Å². The van der Waals surface area contributed by atoms with E-state index in [2.05, 4.69) is 30.4 Å². The summed E-state index contributed by atoms with van der Waals surface area (Å²) < 4.78 is 24.2. The van der Waals surface area contributed by atoms with Crippen molar-refractivity contribution >= 4 is 15.9 Å². The second-order valence-electron chi connectivity index (χ2n) is 6.24. The highest BCUT2D eigenvalue weighted by molar-refractivity contribution is 7.89. The second-order valence-corrected chi connectivity index (χ2v) is 7.99. The van der Waals surface area contributed by atoms with Crippen molar-refractivity contribution in [2.24, 2.45) is 5.41 Å². The number of sulfonamides is 1. The van der Waals surface area contributed by atoms with E-state index in [9.17, 15) is 13.2 Å². The van der Waals surface area contributed by atoms with Gasteiger partial charge in [0, 0.05) is 0 Å². The Morgan fingerprint density at radius 2 is 2.00 bits per heavy atom. The molecule has 1 rings (SSSR count). The minimum absolute atomic E-state index is 0.223. The largest absolute Gasteiger partial charge is 0.292 e. The van der Waals surface area contributed by atoms with Crippen LogP contribution in [0, 0.1) is 5.41 Å². The molecule has 0 radical (unpaired) electrons. The summed E-state index contributed by atoms with van der Waals surface area (Å²) in [7, 11) is -3.45. The normalized spacial score (nSPS) is 22.1. The van der Waals surface area contributed by atoms with Gasteiger partial charge in [-0.05, 0) is 37.8 Å². The molecule has 0 aromatic heterocycles. The maximum absolute atomic E-state index is 11.9. The third-order valence-electron chi connectivity index (χ3n) is 3.10. The SMILES string of the molecule is CC(C)(C)CCN1CCC[C@@H]1C(=O)NS(C)(=O)=O. The molecule has 0 bridgehead atoms. The monoisotopic (exact) mass is 276 g/mol. The summed E-state index contributed by atoms with van der Waals surface area (Å²) in [5, 5.41) is 0. The predicted molar refractivity (Wildman–Crippen MR) is 71.7 cm³/mol. The molecule has 1 saturated heterocycles. The first-order valence-corrected chi connectivity index (χ1v) is 8.23. The van der Waals surface area contributed by atoms with Crippen LogP contribution in [0.3, 0.4) is 0 Å². The van der Waals surface area contributed by atoms with Gasteiger partial charge < -0.3 is 0 Å². The Bertz CT molecular complexity index is 398. The van der Waals surface area contributed by atoms with E-state index in [-0.39, 0.29) is 17.4 Å². The van der Waals surface area contributed by atoms with E-state index in [1.807, 2.05) is 0 Å². The van der Waals surface area contributed by atoms with E-state index in [0.717, 1.165) is 38.6 Å². The molecule has 18 heavy (non-hydrogen) atoms. The number of carbonyl (C=O) groups excluding carboxylic acids is 1. The van der Waals surface area contributed by atoms with Crippen molar-refractivity contribution in [1.82, 2.24) is 9.62 Å². The van der Waals surface area contributed by atoms with Crippen LogP contribution in [0.15, 0.2) is 0 Å². The molecule has 0 spiro atoms. The Morgan fingerprint density at radius 3 is 2.50 bits per heavy atom. The maximum Gasteiger partial charge on any atom is 0.250 e. The summed E-state index contributed by atoms with van der Waals surface area (Å²) in [6.45, 7) is 8.20. The maximum atomic E-state index is 11.9. The van der Waals surface area contributed by atoms with Gasteiger partial charge in [-0.3, -0.25) is 14.4 Å². The zero-order chi connectivity index (χ0) is 14.0. The van der Waals surface area contributed by atoms with Crippen molar-refractivity contribution in [1.29, 1.82) is 0 Å². The molecule has 1 aliphatic heterocycles. The van der Waals surface area contributed by atoms with Gasteiger partial charge in [0.2, 0.25) is 10.0 Å². The van der Waals surface area contributed by atoms with Crippen LogP contribution in [-0.4, -0.2) is 44.6 Å². The van der Waals surface area contributed by atoms with Gasteiger partial charge in [-0.15, -0.1) is 0 Å². The highest BCUT2D eigenvalue weighted by atomic mass is 32.2. The van der Waals surface area contributed by atoms with E-state index in [0.29, 0.717) is 0 Å². The fourth-order valence-electron chi connectivity index (χ4n) is 2.12. The fourth-order valence-corrected chi connectivity index (χ4v) is 2.62. The van der Waals surface area contributed by atoms with E-state index < -0.39 is 10.0 Å². The van der Waals surface area contributed by atoms with Gasteiger partial charge in [-0.25, -0.2) is 8.42 Å². The lowest BCUT2D eigenvalue weighted by molar-refractivity contribution is -0.123. The summed E-state index contributed by atoms with van der Waals surface area (Å²) >= 11 is 0. The first-order chi connectivity index (χ1) is 8.08. The predicted octanol–water partition coefficient (Wildman–Crippen LogP) is 0.963. The minimum Gasteiger partial charge on any atom is -0.292 e. The first kappa shape index (κ1) is 15.4. The number of rotatable bonds is 4. The van der Waals surface area contributed by atoms with Crippen LogP contribution in [0.2, 0.25) is 0 Å². The Labute approximate surface area is 110 Å². The molecule has 0 saturated carbocycles. The van der Waals surface area contributed by atoms with Crippen molar-refractivity contribution in [2.75, 3.05) is 19.3 Å². The van der Waals surface area contributed by atoms with Crippen LogP contribution in [0.4, 0.5) is 0 Å². The lowest BCUT2D eigenvalue weighted by Gasteiger charge is -2.27. The molecule has 1 fully saturated rings. The van der Waals surface area contributed by atoms with Gasteiger partial charge in [0.05, 0.1) is 12.3 Å². The van der Waals surface area contributed by atoms with E-state index >= 15 is 0 Å². The smallest absolute Gasteiger partial charge is 0.250 e. The summed E-state index contributed by atoms with van der Waals surface area (Å²) in [5.41, 5.74) is 0.223. The zero-order valence-electron chi connectivity index (χ0n) is 11.7. The lowest BCUT2D eigenvalue weighted by atomic mass is 9.92. The number of carbonyl (C=O) groups is 1. The molecule has 0 unspecified atom stereocenters. The summed E-state index contributed by atoms with van der Waals surface area (Å²) in [5.74, 6) is -0.385. The minimum atomic E-state index is -3.45. The van der Waals surface area contributed by atoms with Crippen LogP contribution in [0.25, 0.3) is 0 Å². The molecule has 1 N–H and O–H groups in total. The van der Waals surface area contributed by atoms with Crippen LogP contribution in [0.1, 0.15) is 40.0 Å². The summed E-state index contributed by atoms with van der Waals surface area (Å²) in [6.07, 6.45) is 3.70. The Balaban J connectivity index is 2.57. The molecule has 5 nitrogen and oxygen atoms in total. The van der Waals surface area contributed by atoms with Gasteiger partial charge in [0.1, 0.15) is 0 Å². The quantitative estimate of drug-likeness (QED) is 0.830. The highest BCUT2D eigenvalue weighted by Crippen LogP contribution is 2.23. The van der Waals surface area contributed by atoms with Crippen LogP contribution in [-0.2, 0) is 14.8 Å². The standard InChI is InChI=1S/C12H24N2O3S/c1-12(2,3)7-9-14-8-5-6-10(14)11(15)13-18(4,16)17/h10H,5-9H2,1-4H3,(H,13,15)/t10-/m1/s1. The molecule has 106 valence electrons. The van der Waals surface area contributed by atoms with Gasteiger partial charge in [-0.1, -0.05) is 20.8 Å². The molecule has 0 aromatic rings. The van der Waals surface area contributed by atoms with Crippen LogP contribution in [0.5, 0.6) is 0 Å². The first-order valence-electron chi connectivity index (χ1n) is 6.34. The average Bonchev–Trinajstić information content (AvgIpc) is 2.58. The summed E-state index contributed by atoms with van der Waals surface area (Å²) in [6, 6.07) is -0.290. The third-order valence-corrected chi connectivity index (χ3v) is 3.67. The van der Waals surface area contributed by atoms with Gasteiger partial charge >= 0.3 is 0 Å². The van der Waals surface area contributed by atoms with Crippen molar-refractivity contribution in [2.45, 2.75) is 46.1 Å². The topological polar surface area (TPSA) is 66.5 Å². The Hall–Kier alpha value is -0.620. The molecular weight excluding hydrogens is 252 g/mol. The number of amides is 1. The molecule has 1 atom stereocenters. The molecule has 0 aromatic carbocycles. The van der Waals surface area contributed by atoms with Crippen LogP contribution < -0.4 is 4.72 Å². The van der Waals surface area contributed by atoms with Crippen molar-refractivity contribution < 1.29 is 13.2 Å². The van der Waals surface area contributed by atoms with E-state index in [1.165, 1.54) is 0 Å². The van der Waals surface area contributed by atoms with Crippen molar-refractivity contribution in [3.63, 3.8) is 0 Å². The highest BCUT2D eigenvalue weighted by Gasteiger charge is 2.32. The molecule has 1 heterocycles. The average molecular weight is 276 g/mol. The van der Waals surface area contributed by atoms with Crippen molar-refractivity contribution in [3.05, 3.63) is 0 Å². The number of nitrogens with zero attached hydrogens (tertiary/aromatic N) is 1. The Morgan fingerprint density at radius 1 is 1.39 bits per heavy atom. The molecule has 1 aliphatic rings. The molecule has 0 aliphatic carbocycles. The van der Waals surface area contributed by atoms with Gasteiger partial charge in [0.25, 0.3) is 5.91 Å². The molecule has 1 amide bonds. The molecule has 6 heteroatoms. The van der Waals surface area contributed by atoms with Gasteiger partial charge in [-0.2, -0.15) is 0 Å². The number of nitrogens with one attached hydrogen (secondary N) is 1. The lowest BCUT2D eigenvalue weighted by Crippen LogP contribution is -2.45.